The summed E-state index contributed by atoms with van der Waals surface area (Å²) in [5.41, 5.74) is 7.49. The maximum atomic E-state index is 11.8. The number of aliphatic hydroxyl groups excluding tert-OH is 1. The number of ketones is 1. The zero-order valence-corrected chi connectivity index (χ0v) is 12.3. The normalized spacial score (nSPS) is 11.7. The summed E-state index contributed by atoms with van der Waals surface area (Å²) >= 11 is 0. The van der Waals surface area contributed by atoms with Gasteiger partial charge in [0, 0.05) is 18.0 Å². The van der Waals surface area contributed by atoms with Crippen LogP contribution in [0, 0.1) is 0 Å². The molecule has 19 heavy (non-hydrogen) atoms. The molecule has 4 heteroatoms. The van der Waals surface area contributed by atoms with E-state index in [1.54, 1.807) is 0 Å². The second kappa shape index (κ2) is 9.96. The minimum absolute atomic E-state index is 0. The molecule has 1 atom stereocenters. The quantitative estimate of drug-likeness (QED) is 0.570. The van der Waals surface area contributed by atoms with Crippen LogP contribution in [-0.2, 0) is 6.42 Å². The maximum Gasteiger partial charge on any atom is 0.162 e. The molecule has 108 valence electrons. The Labute approximate surface area is 121 Å². The van der Waals surface area contributed by atoms with Crippen LogP contribution in [0.1, 0.15) is 48.5 Å². The third-order valence-corrected chi connectivity index (χ3v) is 3.02. The number of hydrogen-bond acceptors (Lipinski definition) is 3. The molecule has 1 aromatic rings. The number of benzene rings is 1. The van der Waals surface area contributed by atoms with Gasteiger partial charge in [-0.1, -0.05) is 44.0 Å². The lowest BCUT2D eigenvalue weighted by atomic mass is 10.0. The lowest BCUT2D eigenvalue weighted by Crippen LogP contribution is -2.26. The van der Waals surface area contributed by atoms with Crippen LogP contribution < -0.4 is 5.73 Å². The van der Waals surface area contributed by atoms with Gasteiger partial charge in [0.05, 0.1) is 6.61 Å². The fourth-order valence-electron chi connectivity index (χ4n) is 1.87. The number of carbonyl (C=O) groups is 1. The Kier molecular flexibility index (Phi) is 9.48. The first-order valence-corrected chi connectivity index (χ1v) is 6.66. The molecule has 0 fully saturated rings. The first kappa shape index (κ1) is 18.1. The molecule has 0 saturated heterocycles. The fourth-order valence-corrected chi connectivity index (χ4v) is 1.87. The van der Waals surface area contributed by atoms with Crippen LogP contribution in [0.4, 0.5) is 0 Å². The van der Waals surface area contributed by atoms with Gasteiger partial charge < -0.3 is 10.8 Å². The minimum atomic E-state index is -0.226. The molecule has 0 heterocycles. The number of aliphatic hydroxyl groups is 1. The zero-order valence-electron chi connectivity index (χ0n) is 11.5. The summed E-state index contributed by atoms with van der Waals surface area (Å²) in [5, 5.41) is 8.88. The van der Waals surface area contributed by atoms with Gasteiger partial charge in [-0.15, -0.1) is 12.4 Å². The number of unbranched alkanes of at least 4 members (excludes halogenated alkanes) is 2. The fraction of sp³-hybridized carbons (Fsp3) is 0.533. The lowest BCUT2D eigenvalue weighted by Gasteiger charge is -2.08. The molecule has 0 spiro atoms. The zero-order chi connectivity index (χ0) is 13.4. The number of Topliss-reactive ketones (excluding diaryl/α,β-unsaturated/α-hetero) is 1. The van der Waals surface area contributed by atoms with Crippen molar-refractivity contribution in [2.75, 3.05) is 6.61 Å². The first-order valence-electron chi connectivity index (χ1n) is 6.66. The molecule has 0 radical (unpaired) electrons. The molecule has 0 bridgehead atoms. The molecule has 0 aromatic heterocycles. The summed E-state index contributed by atoms with van der Waals surface area (Å²) in [5.74, 6) is 0.210. The second-order valence-corrected chi connectivity index (χ2v) is 4.72. The Morgan fingerprint density at radius 1 is 1.26 bits per heavy atom. The van der Waals surface area contributed by atoms with Gasteiger partial charge in [-0.25, -0.2) is 0 Å². The van der Waals surface area contributed by atoms with Gasteiger partial charge in [-0.3, -0.25) is 4.79 Å². The molecule has 3 N–H and O–H groups in total. The molecule has 0 aliphatic carbocycles. The van der Waals surface area contributed by atoms with Crippen molar-refractivity contribution in [1.29, 1.82) is 0 Å². The van der Waals surface area contributed by atoms with Gasteiger partial charge in [-0.05, 0) is 18.4 Å². The van der Waals surface area contributed by atoms with Crippen molar-refractivity contribution in [1.82, 2.24) is 0 Å². The molecule has 3 nitrogen and oxygen atoms in total. The van der Waals surface area contributed by atoms with Crippen LogP contribution in [-0.4, -0.2) is 23.5 Å². The number of nitrogens with two attached hydrogens (primary N) is 1. The van der Waals surface area contributed by atoms with Crippen LogP contribution in [0.25, 0.3) is 0 Å². The van der Waals surface area contributed by atoms with E-state index in [1.807, 2.05) is 24.3 Å². The van der Waals surface area contributed by atoms with E-state index in [1.165, 1.54) is 0 Å². The molecule has 0 amide bonds. The molecule has 1 aromatic carbocycles. The highest BCUT2D eigenvalue weighted by atomic mass is 35.5. The van der Waals surface area contributed by atoms with E-state index in [2.05, 4.69) is 6.92 Å². The van der Waals surface area contributed by atoms with Gasteiger partial charge in [0.2, 0.25) is 0 Å². The van der Waals surface area contributed by atoms with E-state index in [9.17, 15) is 4.79 Å². The minimum Gasteiger partial charge on any atom is -0.395 e. The van der Waals surface area contributed by atoms with Crippen molar-refractivity contribution in [2.24, 2.45) is 5.73 Å². The van der Waals surface area contributed by atoms with Crippen molar-refractivity contribution in [3.63, 3.8) is 0 Å². The largest absolute Gasteiger partial charge is 0.395 e. The molecule has 0 saturated carbocycles. The van der Waals surface area contributed by atoms with E-state index in [0.29, 0.717) is 12.8 Å². The molecule has 0 aliphatic heterocycles. The summed E-state index contributed by atoms with van der Waals surface area (Å²) in [6.45, 7) is 2.11. The molecule has 1 rings (SSSR count). The summed E-state index contributed by atoms with van der Waals surface area (Å²) in [4.78, 5) is 11.8. The lowest BCUT2D eigenvalue weighted by molar-refractivity contribution is 0.0979. The predicted octanol–water partition coefficient (Wildman–Crippen LogP) is 2.73. The van der Waals surface area contributed by atoms with Crippen molar-refractivity contribution >= 4 is 18.2 Å². The van der Waals surface area contributed by atoms with Crippen molar-refractivity contribution < 1.29 is 9.90 Å². The average Bonchev–Trinajstić information content (AvgIpc) is 2.39. The Morgan fingerprint density at radius 2 is 1.89 bits per heavy atom. The maximum absolute atomic E-state index is 11.8. The first-order chi connectivity index (χ1) is 8.67. The topological polar surface area (TPSA) is 63.3 Å². The second-order valence-electron chi connectivity index (χ2n) is 4.72. The van der Waals surface area contributed by atoms with Gasteiger partial charge >= 0.3 is 0 Å². The SMILES string of the molecule is CCCCCC(=O)c1ccc(C[C@H](N)CO)cc1.Cl. The highest BCUT2D eigenvalue weighted by Crippen LogP contribution is 2.11. The number of carbonyl (C=O) groups excluding carboxylic acids is 1. The van der Waals surface area contributed by atoms with Crippen molar-refractivity contribution in [3.8, 4) is 0 Å². The standard InChI is InChI=1S/C15H23NO2.ClH/c1-2-3-4-5-15(18)13-8-6-12(7-9-13)10-14(16)11-17;/h6-9,14,17H,2-5,10-11,16H2,1H3;1H/t14-;/m0./s1. The van der Waals surface area contributed by atoms with Crippen LogP contribution in [0.3, 0.4) is 0 Å². The molecular weight excluding hydrogens is 262 g/mol. The van der Waals surface area contributed by atoms with E-state index >= 15 is 0 Å². The molecule has 0 aliphatic rings. The Hall–Kier alpha value is -0.900. The van der Waals surface area contributed by atoms with Gasteiger partial charge in [-0.2, -0.15) is 0 Å². The van der Waals surface area contributed by atoms with Gasteiger partial charge in [0.1, 0.15) is 0 Å². The monoisotopic (exact) mass is 285 g/mol. The van der Waals surface area contributed by atoms with E-state index < -0.39 is 0 Å². The Morgan fingerprint density at radius 3 is 2.42 bits per heavy atom. The Bertz CT molecular complexity index is 365. The van der Waals surface area contributed by atoms with E-state index in [0.717, 1.165) is 30.4 Å². The number of rotatable bonds is 8. The highest BCUT2D eigenvalue weighted by Gasteiger charge is 2.06. The highest BCUT2D eigenvalue weighted by molar-refractivity contribution is 5.96. The third kappa shape index (κ3) is 6.71. The summed E-state index contributed by atoms with van der Waals surface area (Å²) < 4.78 is 0. The Balaban J connectivity index is 0.00000324. The summed E-state index contributed by atoms with van der Waals surface area (Å²) in [6, 6.07) is 7.32. The van der Waals surface area contributed by atoms with Crippen LogP contribution in [0.15, 0.2) is 24.3 Å². The molecule has 0 unspecified atom stereocenters. The van der Waals surface area contributed by atoms with Gasteiger partial charge in [0.25, 0.3) is 0 Å². The average molecular weight is 286 g/mol. The predicted molar refractivity (Wildman–Crippen MR) is 80.9 cm³/mol. The number of hydrogen-bond donors (Lipinski definition) is 2. The van der Waals surface area contributed by atoms with Crippen molar-refractivity contribution in [3.05, 3.63) is 35.4 Å². The van der Waals surface area contributed by atoms with E-state index in [4.69, 9.17) is 10.8 Å². The molecular formula is C15H24ClNO2. The van der Waals surface area contributed by atoms with Crippen LogP contribution in [0.5, 0.6) is 0 Å². The third-order valence-electron chi connectivity index (χ3n) is 3.02. The van der Waals surface area contributed by atoms with Gasteiger partial charge in [0.15, 0.2) is 5.78 Å². The smallest absolute Gasteiger partial charge is 0.162 e. The van der Waals surface area contributed by atoms with E-state index in [-0.39, 0.29) is 30.8 Å². The number of halogens is 1. The van der Waals surface area contributed by atoms with Crippen molar-refractivity contribution in [2.45, 2.75) is 45.1 Å². The van der Waals surface area contributed by atoms with Crippen LogP contribution in [0.2, 0.25) is 0 Å². The summed E-state index contributed by atoms with van der Waals surface area (Å²) in [7, 11) is 0. The summed E-state index contributed by atoms with van der Waals surface area (Å²) in [6.07, 6.45) is 4.47. The van der Waals surface area contributed by atoms with Crippen LogP contribution >= 0.6 is 12.4 Å².